The molecule has 0 heterocycles. The first-order valence-electron chi connectivity index (χ1n) is 12.7. The lowest BCUT2D eigenvalue weighted by atomic mass is 9.44. The molecule has 30 heavy (non-hydrogen) atoms. The second-order valence-corrected chi connectivity index (χ2v) is 12.7. The Morgan fingerprint density at radius 3 is 2.47 bits per heavy atom. The van der Waals surface area contributed by atoms with Crippen LogP contribution in [0.2, 0.25) is 0 Å². The second-order valence-electron chi connectivity index (χ2n) is 12.7. The minimum Gasteiger partial charge on any atom is -0.393 e. The van der Waals surface area contributed by atoms with E-state index < -0.39 is 0 Å². The van der Waals surface area contributed by atoms with Gasteiger partial charge in [0.25, 0.3) is 0 Å². The van der Waals surface area contributed by atoms with E-state index in [0.717, 1.165) is 25.2 Å². The van der Waals surface area contributed by atoms with Crippen LogP contribution in [0.15, 0.2) is 34.9 Å². The molecule has 0 aromatic carbocycles. The third-order valence-corrected chi connectivity index (χ3v) is 10.7. The van der Waals surface area contributed by atoms with Gasteiger partial charge in [0.2, 0.25) is 0 Å². The summed E-state index contributed by atoms with van der Waals surface area (Å²) in [4.78, 5) is 0. The van der Waals surface area contributed by atoms with Gasteiger partial charge >= 0.3 is 0 Å². The lowest BCUT2D eigenvalue weighted by Crippen LogP contribution is -2.54. The maximum Gasteiger partial charge on any atom is 0.0594 e. The molecule has 2 fully saturated rings. The fourth-order valence-corrected chi connectivity index (χ4v) is 8.33. The average molecular weight is 411 g/mol. The Labute approximate surface area is 186 Å². The van der Waals surface area contributed by atoms with Crippen molar-refractivity contribution in [1.29, 1.82) is 0 Å². The van der Waals surface area contributed by atoms with Crippen molar-refractivity contribution in [3.63, 3.8) is 0 Å². The Bertz CT molecular complexity index is 778. The van der Waals surface area contributed by atoms with Gasteiger partial charge in [-0.05, 0) is 116 Å². The van der Waals surface area contributed by atoms with Gasteiger partial charge in [-0.2, -0.15) is 0 Å². The van der Waals surface area contributed by atoms with E-state index >= 15 is 0 Å². The first-order chi connectivity index (χ1) is 14.0. The van der Waals surface area contributed by atoms with Crippen LogP contribution in [0.3, 0.4) is 0 Å². The average Bonchev–Trinajstić information content (AvgIpc) is 2.94. The molecule has 4 rings (SSSR count). The zero-order chi connectivity index (χ0) is 21.9. The number of unbranched alkanes of at least 4 members (excludes halogenated alkanes) is 1. The SMILES string of the molecule is CC(C)=CCCCC1CC[C@@]2(C)C3=CCC4C(C)(CCC(O)C4(C)C)C3=CCC12C. The molecule has 0 amide bonds. The molecule has 5 unspecified atom stereocenters. The fourth-order valence-electron chi connectivity index (χ4n) is 8.33. The molecule has 6 atom stereocenters. The van der Waals surface area contributed by atoms with E-state index in [1.165, 1.54) is 44.1 Å². The van der Waals surface area contributed by atoms with E-state index in [-0.39, 0.29) is 16.9 Å². The molecule has 0 aromatic rings. The molecule has 1 nitrogen and oxygen atoms in total. The Hall–Kier alpha value is -0.820. The molecular formula is C29H46O. The van der Waals surface area contributed by atoms with Crippen molar-refractivity contribution in [2.75, 3.05) is 0 Å². The van der Waals surface area contributed by atoms with E-state index in [2.05, 4.69) is 66.7 Å². The minimum absolute atomic E-state index is 0.000658. The van der Waals surface area contributed by atoms with Gasteiger partial charge in [-0.15, -0.1) is 0 Å². The van der Waals surface area contributed by atoms with E-state index in [1.54, 1.807) is 11.1 Å². The van der Waals surface area contributed by atoms with Crippen LogP contribution in [0.4, 0.5) is 0 Å². The number of aliphatic hydroxyl groups excluding tert-OH is 1. The molecule has 4 aliphatic rings. The van der Waals surface area contributed by atoms with Gasteiger partial charge in [-0.25, -0.2) is 0 Å². The summed E-state index contributed by atoms with van der Waals surface area (Å²) in [6.07, 6.45) is 18.7. The van der Waals surface area contributed by atoms with Gasteiger partial charge in [0.15, 0.2) is 0 Å². The third-order valence-electron chi connectivity index (χ3n) is 10.7. The van der Waals surface area contributed by atoms with Crippen LogP contribution in [-0.2, 0) is 0 Å². The van der Waals surface area contributed by atoms with E-state index in [4.69, 9.17) is 0 Å². The highest BCUT2D eigenvalue weighted by atomic mass is 16.3. The van der Waals surface area contributed by atoms with E-state index in [1.807, 2.05) is 0 Å². The molecule has 2 saturated carbocycles. The van der Waals surface area contributed by atoms with Crippen LogP contribution in [0.1, 0.15) is 106 Å². The lowest BCUT2D eigenvalue weighted by molar-refractivity contribution is -0.0848. The summed E-state index contributed by atoms with van der Waals surface area (Å²) in [5.41, 5.74) is 5.79. The summed E-state index contributed by atoms with van der Waals surface area (Å²) in [6, 6.07) is 0. The molecule has 0 radical (unpaired) electrons. The molecule has 0 aliphatic heterocycles. The first-order valence-corrected chi connectivity index (χ1v) is 12.7. The quantitative estimate of drug-likeness (QED) is 0.367. The van der Waals surface area contributed by atoms with Crippen LogP contribution < -0.4 is 0 Å². The molecule has 0 bridgehead atoms. The van der Waals surface area contributed by atoms with Crippen molar-refractivity contribution in [3.8, 4) is 0 Å². The Balaban J connectivity index is 1.63. The number of fused-ring (bicyclic) bond motifs is 5. The maximum absolute atomic E-state index is 10.8. The summed E-state index contributed by atoms with van der Waals surface area (Å²) in [7, 11) is 0. The highest BCUT2D eigenvalue weighted by Gasteiger charge is 2.62. The van der Waals surface area contributed by atoms with Crippen LogP contribution in [-0.4, -0.2) is 11.2 Å². The second kappa shape index (κ2) is 7.36. The highest BCUT2D eigenvalue weighted by molar-refractivity contribution is 5.49. The van der Waals surface area contributed by atoms with Crippen molar-refractivity contribution in [1.82, 2.24) is 0 Å². The van der Waals surface area contributed by atoms with Crippen molar-refractivity contribution < 1.29 is 5.11 Å². The van der Waals surface area contributed by atoms with Crippen molar-refractivity contribution in [2.45, 2.75) is 112 Å². The molecule has 0 aromatic heterocycles. The summed E-state index contributed by atoms with van der Waals surface area (Å²) in [5, 5.41) is 10.8. The lowest BCUT2D eigenvalue weighted by Gasteiger charge is -2.60. The van der Waals surface area contributed by atoms with Gasteiger partial charge in [0.05, 0.1) is 6.10 Å². The van der Waals surface area contributed by atoms with Crippen molar-refractivity contribution in [2.24, 2.45) is 33.5 Å². The van der Waals surface area contributed by atoms with Gasteiger partial charge in [0, 0.05) is 0 Å². The van der Waals surface area contributed by atoms with Crippen molar-refractivity contribution in [3.05, 3.63) is 34.9 Å². The van der Waals surface area contributed by atoms with Crippen LogP contribution in [0, 0.1) is 33.5 Å². The molecule has 1 N–H and O–H groups in total. The molecule has 168 valence electrons. The summed E-state index contributed by atoms with van der Waals surface area (Å²) in [5.74, 6) is 1.40. The number of allylic oxidation sites excluding steroid dienone is 6. The standard InChI is InChI=1S/C29H46O/c1-20(2)10-8-9-11-21-14-18-29(7)23-12-13-24-26(3,4)25(30)16-17-27(24,5)22(23)15-19-28(21,29)6/h10,12,15,21,24-25,30H,8-9,11,13-14,16-19H2,1-7H3/t21?,24?,25?,27?,28?,29-/m0/s1. The molecule has 0 spiro atoms. The Kier molecular flexibility index (Phi) is 5.49. The van der Waals surface area contributed by atoms with E-state index in [0.29, 0.717) is 16.7 Å². The zero-order valence-corrected chi connectivity index (χ0v) is 20.8. The largest absolute Gasteiger partial charge is 0.393 e. The molecular weight excluding hydrogens is 364 g/mol. The van der Waals surface area contributed by atoms with Gasteiger partial charge < -0.3 is 5.11 Å². The van der Waals surface area contributed by atoms with Gasteiger partial charge in [0.1, 0.15) is 0 Å². The van der Waals surface area contributed by atoms with Gasteiger partial charge in [-0.1, -0.05) is 58.4 Å². The van der Waals surface area contributed by atoms with Crippen LogP contribution >= 0.6 is 0 Å². The number of aliphatic hydroxyl groups is 1. The minimum atomic E-state index is -0.160. The van der Waals surface area contributed by atoms with Crippen molar-refractivity contribution >= 4 is 0 Å². The first kappa shape index (κ1) is 22.4. The van der Waals surface area contributed by atoms with E-state index in [9.17, 15) is 5.11 Å². The molecule has 0 saturated heterocycles. The van der Waals surface area contributed by atoms with Crippen LogP contribution in [0.5, 0.6) is 0 Å². The highest BCUT2D eigenvalue weighted by Crippen LogP contribution is 2.71. The van der Waals surface area contributed by atoms with Gasteiger partial charge in [-0.3, -0.25) is 0 Å². The number of hydrogen-bond donors (Lipinski definition) is 1. The fraction of sp³-hybridized carbons (Fsp3) is 0.793. The Morgan fingerprint density at radius 1 is 1.03 bits per heavy atom. The number of hydrogen-bond acceptors (Lipinski definition) is 1. The summed E-state index contributed by atoms with van der Waals surface area (Å²) < 4.78 is 0. The predicted molar refractivity (Wildman–Crippen MR) is 128 cm³/mol. The molecule has 1 heteroatoms. The topological polar surface area (TPSA) is 20.2 Å². The van der Waals surface area contributed by atoms with Crippen LogP contribution in [0.25, 0.3) is 0 Å². The predicted octanol–water partition coefficient (Wildman–Crippen LogP) is 8.01. The summed E-state index contributed by atoms with van der Waals surface area (Å²) >= 11 is 0. The summed E-state index contributed by atoms with van der Waals surface area (Å²) in [6.45, 7) is 16.8. The zero-order valence-electron chi connectivity index (χ0n) is 20.8. The third kappa shape index (κ3) is 3.05. The molecule has 4 aliphatic carbocycles. The normalized spacial score (nSPS) is 44.3. The monoisotopic (exact) mass is 410 g/mol. The maximum atomic E-state index is 10.8. The smallest absolute Gasteiger partial charge is 0.0594 e. The number of rotatable bonds is 4. The Morgan fingerprint density at radius 2 is 1.77 bits per heavy atom.